The third kappa shape index (κ3) is 1.92. The van der Waals surface area contributed by atoms with E-state index in [9.17, 15) is 8.78 Å². The van der Waals surface area contributed by atoms with Crippen LogP contribution in [0, 0.1) is 23.5 Å². The smallest absolute Gasteiger partial charge is 0.129 e. The Hall–Kier alpha value is -1.70. The average Bonchev–Trinajstić information content (AvgIpc) is 2.77. The van der Waals surface area contributed by atoms with Gasteiger partial charge in [-0.05, 0) is 36.5 Å². The molecule has 0 bridgehead atoms. The molecule has 0 saturated heterocycles. The summed E-state index contributed by atoms with van der Waals surface area (Å²) in [5, 5.41) is 0. The zero-order chi connectivity index (χ0) is 12.5. The minimum Gasteiger partial charge on any atom is -0.207 e. The van der Waals surface area contributed by atoms with E-state index < -0.39 is 11.6 Å². The number of hydrogen-bond acceptors (Lipinski definition) is 0. The molecule has 0 N–H and O–H groups in total. The van der Waals surface area contributed by atoms with Gasteiger partial charge in [-0.2, -0.15) is 0 Å². The Bertz CT molecular complexity index is 532. The zero-order valence-corrected chi connectivity index (χ0v) is 9.94. The Morgan fingerprint density at radius 1 is 1.11 bits per heavy atom. The van der Waals surface area contributed by atoms with Crippen molar-refractivity contribution in [2.45, 2.75) is 12.8 Å². The summed E-state index contributed by atoms with van der Waals surface area (Å²) < 4.78 is 27.3. The van der Waals surface area contributed by atoms with Gasteiger partial charge in [0.1, 0.15) is 11.6 Å². The van der Waals surface area contributed by atoms with Crippen LogP contribution in [0.2, 0.25) is 0 Å². The molecule has 2 atom stereocenters. The molecule has 2 heteroatoms. The van der Waals surface area contributed by atoms with E-state index in [1.165, 1.54) is 23.8 Å². The van der Waals surface area contributed by atoms with E-state index in [2.05, 4.69) is 18.2 Å². The molecule has 2 aliphatic carbocycles. The van der Waals surface area contributed by atoms with Crippen molar-refractivity contribution in [3.63, 3.8) is 0 Å². The van der Waals surface area contributed by atoms with Crippen molar-refractivity contribution in [3.05, 3.63) is 71.4 Å². The maximum atomic E-state index is 13.6. The van der Waals surface area contributed by atoms with Gasteiger partial charge in [-0.3, -0.25) is 0 Å². The fraction of sp³-hybridized carbons (Fsp3) is 0.250. The molecular formula is C16H14F2. The third-order valence-electron chi connectivity index (χ3n) is 3.80. The molecule has 0 heterocycles. The van der Waals surface area contributed by atoms with Gasteiger partial charge in [0.05, 0.1) is 0 Å². The fourth-order valence-electron chi connectivity index (χ4n) is 2.84. The lowest BCUT2D eigenvalue weighted by atomic mass is 9.84. The molecule has 0 spiro atoms. The SMILES string of the molecule is Fc1cccc(F)c1CC1CC=C2C=CC=CC21. The Balaban J connectivity index is 1.83. The number of halogens is 2. The predicted molar refractivity (Wildman–Crippen MR) is 68.0 cm³/mol. The molecule has 1 aromatic carbocycles. The van der Waals surface area contributed by atoms with Crippen molar-refractivity contribution in [2.75, 3.05) is 0 Å². The maximum absolute atomic E-state index is 13.6. The van der Waals surface area contributed by atoms with Crippen molar-refractivity contribution < 1.29 is 8.78 Å². The summed E-state index contributed by atoms with van der Waals surface area (Å²) in [4.78, 5) is 0. The van der Waals surface area contributed by atoms with Gasteiger partial charge < -0.3 is 0 Å². The summed E-state index contributed by atoms with van der Waals surface area (Å²) in [5.74, 6) is -0.279. The normalized spacial score (nSPS) is 25.1. The summed E-state index contributed by atoms with van der Waals surface area (Å²) in [6, 6.07) is 4.08. The minimum absolute atomic E-state index is 0.222. The maximum Gasteiger partial charge on any atom is 0.129 e. The molecule has 0 aliphatic heterocycles. The van der Waals surface area contributed by atoms with E-state index in [4.69, 9.17) is 0 Å². The molecule has 18 heavy (non-hydrogen) atoms. The number of benzene rings is 1. The summed E-state index contributed by atoms with van der Waals surface area (Å²) >= 11 is 0. The molecule has 0 saturated carbocycles. The van der Waals surface area contributed by atoms with Crippen LogP contribution in [0.3, 0.4) is 0 Å². The Kier molecular flexibility index (Phi) is 2.86. The van der Waals surface area contributed by atoms with Gasteiger partial charge in [0.15, 0.2) is 0 Å². The first-order chi connectivity index (χ1) is 8.75. The molecule has 3 rings (SSSR count). The van der Waals surface area contributed by atoms with Crippen LogP contribution in [-0.4, -0.2) is 0 Å². The lowest BCUT2D eigenvalue weighted by Crippen LogP contribution is -2.14. The highest BCUT2D eigenvalue weighted by atomic mass is 19.1. The monoisotopic (exact) mass is 244 g/mol. The second-order valence-corrected chi connectivity index (χ2v) is 4.87. The van der Waals surface area contributed by atoms with Crippen molar-refractivity contribution in [1.29, 1.82) is 0 Å². The minimum atomic E-state index is -0.432. The lowest BCUT2D eigenvalue weighted by molar-refractivity contribution is 0.447. The van der Waals surface area contributed by atoms with Crippen LogP contribution >= 0.6 is 0 Å². The molecule has 2 aliphatic rings. The van der Waals surface area contributed by atoms with Gasteiger partial charge in [0, 0.05) is 11.5 Å². The van der Waals surface area contributed by atoms with E-state index in [1.807, 2.05) is 12.2 Å². The molecule has 92 valence electrons. The van der Waals surface area contributed by atoms with Crippen molar-refractivity contribution in [2.24, 2.45) is 11.8 Å². The highest BCUT2D eigenvalue weighted by Gasteiger charge is 2.28. The molecule has 0 amide bonds. The van der Waals surface area contributed by atoms with Crippen LogP contribution in [0.5, 0.6) is 0 Å². The molecule has 0 nitrogen and oxygen atoms in total. The van der Waals surface area contributed by atoms with Gasteiger partial charge in [-0.25, -0.2) is 8.78 Å². The summed E-state index contributed by atoms with van der Waals surface area (Å²) in [7, 11) is 0. The summed E-state index contributed by atoms with van der Waals surface area (Å²) in [6.07, 6.45) is 11.8. The highest BCUT2D eigenvalue weighted by molar-refractivity contribution is 5.37. The van der Waals surface area contributed by atoms with Crippen LogP contribution in [0.25, 0.3) is 0 Å². The van der Waals surface area contributed by atoms with Gasteiger partial charge in [-0.1, -0.05) is 36.4 Å². The second-order valence-electron chi connectivity index (χ2n) is 4.87. The first kappa shape index (κ1) is 11.4. The molecule has 2 unspecified atom stereocenters. The topological polar surface area (TPSA) is 0 Å². The van der Waals surface area contributed by atoms with Crippen molar-refractivity contribution in [1.82, 2.24) is 0 Å². The van der Waals surface area contributed by atoms with Crippen LogP contribution in [0.1, 0.15) is 12.0 Å². The van der Waals surface area contributed by atoms with E-state index >= 15 is 0 Å². The van der Waals surface area contributed by atoms with E-state index in [-0.39, 0.29) is 11.5 Å². The first-order valence-corrected chi connectivity index (χ1v) is 6.23. The van der Waals surface area contributed by atoms with Gasteiger partial charge in [0.25, 0.3) is 0 Å². The molecule has 0 aromatic heterocycles. The number of allylic oxidation sites excluding steroid dienone is 6. The molecular weight excluding hydrogens is 230 g/mol. The molecule has 1 aromatic rings. The Morgan fingerprint density at radius 2 is 1.89 bits per heavy atom. The largest absolute Gasteiger partial charge is 0.207 e. The van der Waals surface area contributed by atoms with Gasteiger partial charge >= 0.3 is 0 Å². The summed E-state index contributed by atoms with van der Waals surface area (Å²) in [6.45, 7) is 0. The quantitative estimate of drug-likeness (QED) is 0.731. The Morgan fingerprint density at radius 3 is 2.67 bits per heavy atom. The third-order valence-corrected chi connectivity index (χ3v) is 3.80. The van der Waals surface area contributed by atoms with Crippen LogP contribution < -0.4 is 0 Å². The van der Waals surface area contributed by atoms with Crippen LogP contribution in [0.15, 0.2) is 54.2 Å². The van der Waals surface area contributed by atoms with Crippen LogP contribution in [0.4, 0.5) is 8.78 Å². The van der Waals surface area contributed by atoms with Gasteiger partial charge in [-0.15, -0.1) is 0 Å². The number of fused-ring (bicyclic) bond motifs is 1. The van der Waals surface area contributed by atoms with E-state index in [0.29, 0.717) is 12.3 Å². The number of rotatable bonds is 2. The summed E-state index contributed by atoms with van der Waals surface area (Å²) in [5.41, 5.74) is 1.50. The van der Waals surface area contributed by atoms with Crippen LogP contribution in [-0.2, 0) is 6.42 Å². The lowest BCUT2D eigenvalue weighted by Gasteiger charge is -2.20. The second kappa shape index (κ2) is 4.52. The fourth-order valence-corrected chi connectivity index (χ4v) is 2.84. The van der Waals surface area contributed by atoms with Gasteiger partial charge in [0.2, 0.25) is 0 Å². The molecule has 0 fully saturated rings. The highest BCUT2D eigenvalue weighted by Crippen LogP contribution is 2.38. The molecule has 0 radical (unpaired) electrons. The average molecular weight is 244 g/mol. The first-order valence-electron chi connectivity index (χ1n) is 6.23. The zero-order valence-electron chi connectivity index (χ0n) is 9.94. The van der Waals surface area contributed by atoms with Crippen molar-refractivity contribution >= 4 is 0 Å². The van der Waals surface area contributed by atoms with E-state index in [0.717, 1.165) is 6.42 Å². The predicted octanol–water partition coefficient (Wildman–Crippen LogP) is 4.20. The van der Waals surface area contributed by atoms with Crippen molar-refractivity contribution in [3.8, 4) is 0 Å². The van der Waals surface area contributed by atoms with E-state index in [1.54, 1.807) is 0 Å². The number of hydrogen-bond donors (Lipinski definition) is 0. The standard InChI is InChI=1S/C16H14F2/c17-15-6-3-7-16(18)14(15)10-12-9-8-11-4-1-2-5-13(11)12/h1-8,12-13H,9-10H2. The Labute approximate surface area is 105 Å².